The van der Waals surface area contributed by atoms with E-state index < -0.39 is 0 Å². The van der Waals surface area contributed by atoms with Gasteiger partial charge in [0.25, 0.3) is 0 Å². The van der Waals surface area contributed by atoms with Crippen molar-refractivity contribution in [2.45, 2.75) is 45.6 Å². The van der Waals surface area contributed by atoms with Gasteiger partial charge in [0.05, 0.1) is 5.69 Å². The molecule has 1 fully saturated rings. The zero-order valence-electron chi connectivity index (χ0n) is 11.2. The van der Waals surface area contributed by atoms with Gasteiger partial charge in [0.2, 0.25) is 0 Å². The van der Waals surface area contributed by atoms with E-state index in [1.165, 1.54) is 45.2 Å². The predicted molar refractivity (Wildman–Crippen MR) is 76.8 cm³/mol. The Labute approximate surface area is 115 Å². The van der Waals surface area contributed by atoms with Crippen molar-refractivity contribution in [1.82, 2.24) is 9.88 Å². The summed E-state index contributed by atoms with van der Waals surface area (Å²) in [6, 6.07) is 5.90. The summed E-state index contributed by atoms with van der Waals surface area (Å²) in [4.78, 5) is 6.90. The van der Waals surface area contributed by atoms with E-state index in [1.54, 1.807) is 0 Å². The summed E-state index contributed by atoms with van der Waals surface area (Å²) in [6.45, 7) is 5.64. The monoisotopic (exact) mass is 266 g/mol. The van der Waals surface area contributed by atoms with Gasteiger partial charge in [0, 0.05) is 6.54 Å². The Morgan fingerprint density at radius 3 is 3.00 bits per heavy atom. The highest BCUT2D eigenvalue weighted by Gasteiger charge is 2.16. The van der Waals surface area contributed by atoms with Gasteiger partial charge in [-0.05, 0) is 50.4 Å². The van der Waals surface area contributed by atoms with Gasteiger partial charge in [-0.25, -0.2) is 4.98 Å². The third-order valence-corrected chi connectivity index (χ3v) is 4.01. The summed E-state index contributed by atoms with van der Waals surface area (Å²) >= 11 is 5.93. The fraction of sp³-hybridized carbons (Fsp3) is 0.667. The third kappa shape index (κ3) is 4.25. The molecule has 1 unspecified atom stereocenters. The molecule has 0 bridgehead atoms. The van der Waals surface area contributed by atoms with Crippen molar-refractivity contribution < 1.29 is 0 Å². The number of nitrogens with zero attached hydrogens (tertiary/aromatic N) is 2. The first-order chi connectivity index (χ1) is 8.78. The van der Waals surface area contributed by atoms with Crippen LogP contribution in [-0.2, 0) is 6.54 Å². The van der Waals surface area contributed by atoms with E-state index in [2.05, 4.69) is 22.9 Å². The van der Waals surface area contributed by atoms with Crippen molar-refractivity contribution in [3.05, 3.63) is 29.0 Å². The lowest BCUT2D eigenvalue weighted by Gasteiger charge is -2.19. The van der Waals surface area contributed by atoms with Crippen molar-refractivity contribution in [3.8, 4) is 0 Å². The van der Waals surface area contributed by atoms with Crippen LogP contribution in [0.5, 0.6) is 0 Å². The first-order valence-electron chi connectivity index (χ1n) is 7.11. The maximum absolute atomic E-state index is 5.93. The Balaban J connectivity index is 1.87. The van der Waals surface area contributed by atoms with E-state index in [1.807, 2.05) is 12.1 Å². The maximum Gasteiger partial charge on any atom is 0.129 e. The molecule has 1 atom stereocenters. The molecule has 1 saturated heterocycles. The van der Waals surface area contributed by atoms with Crippen LogP contribution in [0.4, 0.5) is 0 Å². The van der Waals surface area contributed by atoms with Crippen LogP contribution < -0.4 is 0 Å². The molecule has 2 rings (SSSR count). The average Bonchev–Trinajstić information content (AvgIpc) is 2.56. The van der Waals surface area contributed by atoms with Gasteiger partial charge in [0.1, 0.15) is 5.15 Å². The predicted octanol–water partition coefficient (Wildman–Crippen LogP) is 4.14. The molecule has 1 aliphatic heterocycles. The number of rotatable bonds is 4. The molecule has 1 aromatic rings. The highest BCUT2D eigenvalue weighted by Crippen LogP contribution is 2.22. The van der Waals surface area contributed by atoms with Gasteiger partial charge in [0.15, 0.2) is 0 Å². The minimum atomic E-state index is 0.603. The Kier molecular flexibility index (Phi) is 5.45. The van der Waals surface area contributed by atoms with Crippen LogP contribution in [-0.4, -0.2) is 23.0 Å². The lowest BCUT2D eigenvalue weighted by atomic mass is 9.96. The Hall–Kier alpha value is -0.600. The van der Waals surface area contributed by atoms with Crippen LogP contribution in [0.2, 0.25) is 5.15 Å². The first kappa shape index (κ1) is 13.8. The largest absolute Gasteiger partial charge is 0.298 e. The Morgan fingerprint density at radius 1 is 1.33 bits per heavy atom. The normalized spacial score (nSPS) is 21.8. The maximum atomic E-state index is 5.93. The molecule has 2 nitrogen and oxygen atoms in total. The van der Waals surface area contributed by atoms with Gasteiger partial charge in [-0.2, -0.15) is 0 Å². The van der Waals surface area contributed by atoms with Crippen molar-refractivity contribution >= 4 is 11.6 Å². The molecule has 0 N–H and O–H groups in total. The van der Waals surface area contributed by atoms with E-state index in [0.29, 0.717) is 5.15 Å². The van der Waals surface area contributed by atoms with Gasteiger partial charge in [-0.3, -0.25) is 4.90 Å². The summed E-state index contributed by atoms with van der Waals surface area (Å²) in [7, 11) is 0. The fourth-order valence-electron chi connectivity index (χ4n) is 2.85. The number of likely N-dealkylation sites (tertiary alicyclic amines) is 1. The zero-order chi connectivity index (χ0) is 12.8. The summed E-state index contributed by atoms with van der Waals surface area (Å²) < 4.78 is 0. The second-order valence-corrected chi connectivity index (χ2v) is 5.70. The van der Waals surface area contributed by atoms with Crippen LogP contribution in [0, 0.1) is 5.92 Å². The summed E-state index contributed by atoms with van der Waals surface area (Å²) in [5, 5.41) is 0.603. The van der Waals surface area contributed by atoms with E-state index in [9.17, 15) is 0 Å². The van der Waals surface area contributed by atoms with E-state index >= 15 is 0 Å². The number of halogens is 1. The molecule has 3 heteroatoms. The van der Waals surface area contributed by atoms with Crippen LogP contribution in [0.15, 0.2) is 18.2 Å². The van der Waals surface area contributed by atoms with Crippen LogP contribution in [0.1, 0.15) is 44.7 Å². The standard InChI is InChI=1S/C15H23ClN2/c1-2-5-13-6-4-10-18(11-9-13)12-14-7-3-8-15(16)17-14/h3,7-8,13H,2,4-6,9-12H2,1H3. The second-order valence-electron chi connectivity index (χ2n) is 5.31. The van der Waals surface area contributed by atoms with Gasteiger partial charge in [-0.1, -0.05) is 37.4 Å². The number of aromatic nitrogens is 1. The van der Waals surface area contributed by atoms with E-state index in [0.717, 1.165) is 18.2 Å². The summed E-state index contributed by atoms with van der Waals surface area (Å²) in [5.41, 5.74) is 1.09. The molecule has 100 valence electrons. The van der Waals surface area contributed by atoms with E-state index in [-0.39, 0.29) is 0 Å². The fourth-order valence-corrected chi connectivity index (χ4v) is 3.03. The first-order valence-corrected chi connectivity index (χ1v) is 7.49. The summed E-state index contributed by atoms with van der Waals surface area (Å²) in [5.74, 6) is 0.937. The molecular formula is C15H23ClN2. The molecule has 18 heavy (non-hydrogen) atoms. The van der Waals surface area contributed by atoms with Crippen LogP contribution in [0.25, 0.3) is 0 Å². The Bertz CT molecular complexity index is 367. The number of pyridine rings is 1. The zero-order valence-corrected chi connectivity index (χ0v) is 12.0. The van der Waals surface area contributed by atoms with Gasteiger partial charge >= 0.3 is 0 Å². The van der Waals surface area contributed by atoms with E-state index in [4.69, 9.17) is 11.6 Å². The van der Waals surface area contributed by atoms with Gasteiger partial charge < -0.3 is 0 Å². The van der Waals surface area contributed by atoms with Crippen molar-refractivity contribution in [2.24, 2.45) is 5.92 Å². The van der Waals surface area contributed by atoms with Crippen LogP contribution >= 0.6 is 11.6 Å². The molecule has 0 amide bonds. The Morgan fingerprint density at radius 2 is 2.22 bits per heavy atom. The topological polar surface area (TPSA) is 16.1 Å². The molecule has 0 aromatic carbocycles. The molecule has 0 radical (unpaired) electrons. The molecule has 1 aromatic heterocycles. The van der Waals surface area contributed by atoms with Crippen molar-refractivity contribution in [3.63, 3.8) is 0 Å². The minimum Gasteiger partial charge on any atom is -0.298 e. The molecular weight excluding hydrogens is 244 g/mol. The van der Waals surface area contributed by atoms with Gasteiger partial charge in [-0.15, -0.1) is 0 Å². The highest BCUT2D eigenvalue weighted by molar-refractivity contribution is 6.29. The molecule has 1 aliphatic rings. The molecule has 0 spiro atoms. The number of hydrogen-bond donors (Lipinski definition) is 0. The number of hydrogen-bond acceptors (Lipinski definition) is 2. The molecule has 2 heterocycles. The quantitative estimate of drug-likeness (QED) is 0.762. The molecule has 0 aliphatic carbocycles. The average molecular weight is 267 g/mol. The van der Waals surface area contributed by atoms with Crippen LogP contribution in [0.3, 0.4) is 0 Å². The lowest BCUT2D eigenvalue weighted by Crippen LogP contribution is -2.24. The smallest absolute Gasteiger partial charge is 0.129 e. The SMILES string of the molecule is CCCC1CCCN(Cc2cccc(Cl)n2)CC1. The second kappa shape index (κ2) is 7.10. The summed E-state index contributed by atoms with van der Waals surface area (Å²) in [6.07, 6.45) is 6.77. The highest BCUT2D eigenvalue weighted by atomic mass is 35.5. The van der Waals surface area contributed by atoms with Crippen molar-refractivity contribution in [2.75, 3.05) is 13.1 Å². The molecule has 0 saturated carbocycles. The van der Waals surface area contributed by atoms with Crippen molar-refractivity contribution in [1.29, 1.82) is 0 Å². The lowest BCUT2D eigenvalue weighted by molar-refractivity contribution is 0.268. The minimum absolute atomic E-state index is 0.603. The third-order valence-electron chi connectivity index (χ3n) is 3.80.